The smallest absolute Gasteiger partial charge is 0.228 e. The van der Waals surface area contributed by atoms with Crippen LogP contribution in [0.15, 0.2) is 102 Å². The van der Waals surface area contributed by atoms with Crippen molar-refractivity contribution in [1.29, 1.82) is 0 Å². The van der Waals surface area contributed by atoms with E-state index in [0.717, 1.165) is 5.56 Å². The molecule has 2 aromatic heterocycles. The van der Waals surface area contributed by atoms with Gasteiger partial charge >= 0.3 is 0 Å². The van der Waals surface area contributed by atoms with Crippen molar-refractivity contribution in [2.45, 2.75) is 29.9 Å². The number of fused-ring (bicyclic) bond motifs is 1. The van der Waals surface area contributed by atoms with Gasteiger partial charge in [-0.05, 0) is 87.6 Å². The first-order valence-electron chi connectivity index (χ1n) is 25.9. The second-order valence-electron chi connectivity index (χ2n) is 18.9. The molecule has 0 bridgehead atoms. The number of methoxy groups -OCH3 is 1. The Bertz CT molecular complexity index is 3070. The number of anilines is 2. The first kappa shape index (κ1) is 57.5. The molecule has 1 fully saturated rings. The molecule has 416 valence electrons. The third-order valence-electron chi connectivity index (χ3n) is 12.9. The minimum atomic E-state index is -3.40. The van der Waals surface area contributed by atoms with E-state index in [4.69, 9.17) is 60.0 Å². The molecular weight excluding hydrogens is 1040 g/mol. The van der Waals surface area contributed by atoms with Crippen LogP contribution in [0.5, 0.6) is 23.0 Å². The minimum Gasteiger partial charge on any atom is -0.491 e. The lowest BCUT2D eigenvalue weighted by molar-refractivity contribution is -0.132. The van der Waals surface area contributed by atoms with Gasteiger partial charge in [-0.25, -0.2) is 28.4 Å². The summed E-state index contributed by atoms with van der Waals surface area (Å²) in [5.41, 5.74) is 4.00. The fourth-order valence-corrected chi connectivity index (χ4v) is 9.70. The number of carbonyl (C=O) groups is 1. The van der Waals surface area contributed by atoms with Crippen LogP contribution in [0, 0.1) is 5.92 Å². The number of nitrogens with one attached hydrogen (secondary N) is 3. The van der Waals surface area contributed by atoms with Crippen LogP contribution < -0.4 is 39.8 Å². The molecule has 4 aromatic carbocycles. The highest BCUT2D eigenvalue weighted by molar-refractivity contribution is 7.90. The molecular formula is C56H68ClN9O11S. The number of halogens is 1. The van der Waals surface area contributed by atoms with E-state index in [9.17, 15) is 23.4 Å². The van der Waals surface area contributed by atoms with Gasteiger partial charge in [0.05, 0.1) is 42.0 Å². The largest absolute Gasteiger partial charge is 0.491 e. The maximum Gasteiger partial charge on any atom is 0.228 e. The zero-order chi connectivity index (χ0) is 55.0. The SMILES string of the molecule is CNCC(O)COc1cccc(-c2nc(NCCCN3CCC(COCCN(CCOC)c4cc(-c5ccc6c(c5)OCCO6)nc(-c5cc(Cl)cc(OCC(O)CNC)c5)n4)C3=O)cc(-c3ccc(S(C)(=O)=O)cc3)n2)c1. The van der Waals surface area contributed by atoms with Crippen molar-refractivity contribution in [2.24, 2.45) is 5.92 Å². The monoisotopic (exact) mass is 1110 g/mol. The van der Waals surface area contributed by atoms with Gasteiger partial charge in [-0.15, -0.1) is 0 Å². The van der Waals surface area contributed by atoms with Crippen LogP contribution in [0.4, 0.5) is 11.6 Å². The van der Waals surface area contributed by atoms with Gasteiger partial charge in [0.2, 0.25) is 5.91 Å². The highest BCUT2D eigenvalue weighted by Crippen LogP contribution is 2.37. The van der Waals surface area contributed by atoms with Gasteiger partial charge in [0, 0.05) is 98.6 Å². The number of rotatable bonds is 29. The molecule has 78 heavy (non-hydrogen) atoms. The topological polar surface area (TPSA) is 241 Å². The van der Waals surface area contributed by atoms with Crippen molar-refractivity contribution >= 4 is 39.0 Å². The van der Waals surface area contributed by atoms with Crippen molar-refractivity contribution in [1.82, 2.24) is 35.5 Å². The molecule has 1 saturated heterocycles. The van der Waals surface area contributed by atoms with Gasteiger partial charge in [0.1, 0.15) is 61.8 Å². The number of hydrogen-bond donors (Lipinski definition) is 5. The third kappa shape index (κ3) is 16.0. The Morgan fingerprint density at radius 1 is 0.769 bits per heavy atom. The molecule has 0 aliphatic carbocycles. The second kappa shape index (κ2) is 27.8. The number of aliphatic hydroxyl groups is 2. The normalized spacial score (nSPS) is 15.0. The van der Waals surface area contributed by atoms with Crippen molar-refractivity contribution in [3.05, 3.63) is 102 Å². The number of aliphatic hydroxyl groups excluding tert-OH is 2. The van der Waals surface area contributed by atoms with Crippen LogP contribution in [-0.2, 0) is 24.1 Å². The van der Waals surface area contributed by atoms with E-state index in [1.807, 2.05) is 53.4 Å². The maximum absolute atomic E-state index is 13.7. The van der Waals surface area contributed by atoms with Gasteiger partial charge < -0.3 is 64.4 Å². The van der Waals surface area contributed by atoms with Crippen LogP contribution in [-0.4, -0.2) is 181 Å². The quantitative estimate of drug-likeness (QED) is 0.0364. The number of likely N-dealkylation sites (tertiary alicyclic amines) is 1. The fraction of sp³-hybridized carbons (Fsp3) is 0.411. The van der Waals surface area contributed by atoms with E-state index in [1.54, 1.807) is 69.7 Å². The Hall–Kier alpha value is -6.69. The number of aromatic nitrogens is 4. The summed E-state index contributed by atoms with van der Waals surface area (Å²) in [4.78, 5) is 37.6. The van der Waals surface area contributed by atoms with E-state index in [2.05, 4.69) is 20.9 Å². The molecule has 0 radical (unpaired) electrons. The number of ether oxygens (including phenoxy) is 6. The Morgan fingerprint density at radius 3 is 2.18 bits per heavy atom. The van der Waals surface area contributed by atoms with Crippen LogP contribution in [0.2, 0.25) is 5.02 Å². The van der Waals surface area contributed by atoms with Gasteiger partial charge in [-0.3, -0.25) is 4.79 Å². The Balaban J connectivity index is 0.905. The minimum absolute atomic E-state index is 0.0434. The van der Waals surface area contributed by atoms with E-state index in [-0.39, 0.29) is 36.5 Å². The third-order valence-corrected chi connectivity index (χ3v) is 14.2. The molecule has 20 nitrogen and oxygen atoms in total. The van der Waals surface area contributed by atoms with Gasteiger partial charge in [0.15, 0.2) is 33.0 Å². The molecule has 8 rings (SSSR count). The molecule has 3 unspecified atom stereocenters. The molecule has 0 saturated carbocycles. The van der Waals surface area contributed by atoms with Gasteiger partial charge in [0.25, 0.3) is 0 Å². The predicted octanol–water partition coefficient (Wildman–Crippen LogP) is 5.50. The number of sulfone groups is 1. The summed E-state index contributed by atoms with van der Waals surface area (Å²) in [7, 11) is 1.75. The van der Waals surface area contributed by atoms with Crippen molar-refractivity contribution in [2.75, 3.05) is 130 Å². The summed E-state index contributed by atoms with van der Waals surface area (Å²) in [5.74, 6) is 4.01. The van der Waals surface area contributed by atoms with Crippen LogP contribution >= 0.6 is 11.6 Å². The number of benzene rings is 4. The molecule has 4 heterocycles. The summed E-state index contributed by atoms with van der Waals surface area (Å²) < 4.78 is 59.7. The summed E-state index contributed by atoms with van der Waals surface area (Å²) >= 11 is 6.64. The van der Waals surface area contributed by atoms with Gasteiger partial charge in [-0.1, -0.05) is 35.9 Å². The number of carbonyl (C=O) groups excluding carboxylic acids is 1. The predicted molar refractivity (Wildman–Crippen MR) is 298 cm³/mol. The molecule has 2 aliphatic heterocycles. The standard InChI is InChI=1S/C56H68ClN9O11S/c1-58-32-43(67)35-76-45-8-5-7-39(26-45)54-61-48(37-9-12-47(13-10-37)78(4,70)71)30-52(63-54)60-16-6-17-66-18-15-40(56(66)69)34-73-22-20-65(19-21-72-3)53-31-49(38-11-14-50-51(28-38)75-24-23-74-50)62-55(64-53)41-25-42(57)29-46(27-41)77-36-44(68)33-59-2/h5,7-14,25-31,40,43-44,58-59,67-68H,6,15-24,32-36H2,1-4H3,(H,60,61,63). The first-order chi connectivity index (χ1) is 37.8. The molecule has 3 atom stereocenters. The van der Waals surface area contributed by atoms with Crippen LogP contribution in [0.1, 0.15) is 12.8 Å². The van der Waals surface area contributed by atoms with Crippen LogP contribution in [0.3, 0.4) is 0 Å². The lowest BCUT2D eigenvalue weighted by atomic mass is 10.1. The second-order valence-corrected chi connectivity index (χ2v) is 21.4. The molecule has 6 aromatic rings. The Morgan fingerprint density at radius 2 is 1.45 bits per heavy atom. The van der Waals surface area contributed by atoms with E-state index < -0.39 is 22.0 Å². The average molecular weight is 1110 g/mol. The van der Waals surface area contributed by atoms with Crippen molar-refractivity contribution < 1.29 is 51.8 Å². The van der Waals surface area contributed by atoms with E-state index in [1.165, 1.54) is 6.26 Å². The lowest BCUT2D eigenvalue weighted by Crippen LogP contribution is -2.33. The molecule has 0 spiro atoms. The van der Waals surface area contributed by atoms with E-state index >= 15 is 0 Å². The lowest BCUT2D eigenvalue weighted by Gasteiger charge is -2.25. The first-order valence-corrected chi connectivity index (χ1v) is 28.2. The van der Waals surface area contributed by atoms with Gasteiger partial charge in [-0.2, -0.15) is 0 Å². The zero-order valence-corrected chi connectivity index (χ0v) is 45.9. The number of amides is 1. The summed E-state index contributed by atoms with van der Waals surface area (Å²) in [6.07, 6.45) is 1.06. The summed E-state index contributed by atoms with van der Waals surface area (Å²) in [6.45, 7) is 5.34. The van der Waals surface area contributed by atoms with Crippen molar-refractivity contribution in [3.63, 3.8) is 0 Å². The highest BCUT2D eigenvalue weighted by atomic mass is 35.5. The Labute approximate surface area is 460 Å². The molecule has 22 heteroatoms. The molecule has 1 amide bonds. The average Bonchev–Trinajstić information content (AvgIpc) is 3.81. The number of nitrogens with zero attached hydrogens (tertiary/aromatic N) is 6. The van der Waals surface area contributed by atoms with Crippen molar-refractivity contribution in [3.8, 4) is 68.3 Å². The molecule has 2 aliphatic rings. The zero-order valence-electron chi connectivity index (χ0n) is 44.3. The van der Waals surface area contributed by atoms with E-state index in [0.29, 0.717) is 164 Å². The maximum atomic E-state index is 13.7. The van der Waals surface area contributed by atoms with Crippen LogP contribution in [0.25, 0.3) is 45.3 Å². The fourth-order valence-electron chi connectivity index (χ4n) is 8.85. The number of likely N-dealkylation sites (N-methyl/N-ethyl adjacent to an activating group) is 2. The summed E-state index contributed by atoms with van der Waals surface area (Å²) in [6, 6.07) is 28.5. The highest BCUT2D eigenvalue weighted by Gasteiger charge is 2.31. The summed E-state index contributed by atoms with van der Waals surface area (Å²) in [5, 5.41) is 30.2. The Kier molecular flexibility index (Phi) is 20.5. The molecule has 5 N–H and O–H groups in total. The number of hydrogen-bond acceptors (Lipinski definition) is 19.